The molecule has 0 fully saturated rings. The zero-order valence-electron chi connectivity index (χ0n) is 17.0. The van der Waals surface area contributed by atoms with Gasteiger partial charge < -0.3 is 15.4 Å². The fraction of sp³-hybridized carbons (Fsp3) is 0.125. The molecule has 0 atom stereocenters. The Kier molecular flexibility index (Phi) is 7.84. The van der Waals surface area contributed by atoms with Crippen LogP contribution < -0.4 is 10.6 Å². The molecule has 0 aromatic heterocycles. The number of rotatable bonds is 8. The van der Waals surface area contributed by atoms with Gasteiger partial charge >= 0.3 is 5.97 Å². The highest BCUT2D eigenvalue weighted by molar-refractivity contribution is 8.00. The highest BCUT2D eigenvalue weighted by atomic mass is 32.2. The van der Waals surface area contributed by atoms with E-state index in [4.69, 9.17) is 4.74 Å². The van der Waals surface area contributed by atoms with Crippen molar-refractivity contribution in [3.63, 3.8) is 0 Å². The van der Waals surface area contributed by atoms with Gasteiger partial charge in [-0.3, -0.25) is 9.59 Å². The molecular weight excluding hydrogens is 412 g/mol. The van der Waals surface area contributed by atoms with Crippen LogP contribution in [0.4, 0.5) is 11.4 Å². The number of nitrogens with one attached hydrogen (secondary N) is 2. The molecule has 0 aliphatic heterocycles. The minimum Gasteiger partial charge on any atom is -0.452 e. The van der Waals surface area contributed by atoms with Gasteiger partial charge in [0.05, 0.1) is 11.3 Å². The third-order valence-corrected chi connectivity index (χ3v) is 5.27. The Morgan fingerprint density at radius 2 is 1.39 bits per heavy atom. The zero-order valence-corrected chi connectivity index (χ0v) is 17.8. The van der Waals surface area contributed by atoms with E-state index in [0.29, 0.717) is 21.8 Å². The molecule has 0 aliphatic rings. The topological polar surface area (TPSA) is 84.5 Å². The number of para-hydroxylation sites is 1. The van der Waals surface area contributed by atoms with Crippen LogP contribution in [0.5, 0.6) is 0 Å². The number of ether oxygens (including phenoxy) is 1. The summed E-state index contributed by atoms with van der Waals surface area (Å²) in [6, 6.07) is 23.3. The van der Waals surface area contributed by atoms with Crippen molar-refractivity contribution in [2.75, 3.05) is 23.0 Å². The summed E-state index contributed by atoms with van der Waals surface area (Å²) in [5.74, 6) is -1.10. The van der Waals surface area contributed by atoms with Crippen molar-refractivity contribution >= 4 is 40.9 Å². The summed E-state index contributed by atoms with van der Waals surface area (Å²) in [7, 11) is 0. The van der Waals surface area contributed by atoms with Crippen LogP contribution in [0.15, 0.2) is 83.8 Å². The number of anilines is 2. The molecule has 0 aliphatic carbocycles. The maximum absolute atomic E-state index is 12.5. The third kappa shape index (κ3) is 7.01. The Hall–Kier alpha value is -3.58. The van der Waals surface area contributed by atoms with Gasteiger partial charge in [0.1, 0.15) is 0 Å². The second-order valence-corrected chi connectivity index (χ2v) is 7.71. The monoisotopic (exact) mass is 434 g/mol. The molecule has 0 bridgehead atoms. The van der Waals surface area contributed by atoms with E-state index in [1.165, 1.54) is 11.8 Å². The number of hydrogen-bond donors (Lipinski definition) is 2. The Balaban J connectivity index is 1.52. The first-order valence-electron chi connectivity index (χ1n) is 9.61. The quantitative estimate of drug-likeness (QED) is 0.402. The molecule has 158 valence electrons. The molecule has 0 spiro atoms. The Morgan fingerprint density at radius 3 is 2.13 bits per heavy atom. The molecule has 6 nitrogen and oxygen atoms in total. The number of esters is 1. The van der Waals surface area contributed by atoms with Crippen LogP contribution in [0, 0.1) is 6.92 Å². The van der Waals surface area contributed by atoms with Gasteiger partial charge in [0.2, 0.25) is 5.91 Å². The molecule has 3 rings (SSSR count). The van der Waals surface area contributed by atoms with E-state index in [1.807, 2.05) is 37.3 Å². The van der Waals surface area contributed by atoms with E-state index < -0.39 is 18.5 Å². The van der Waals surface area contributed by atoms with Gasteiger partial charge in [-0.2, -0.15) is 0 Å². The summed E-state index contributed by atoms with van der Waals surface area (Å²) in [5.41, 5.74) is 2.76. The molecule has 0 heterocycles. The van der Waals surface area contributed by atoms with Crippen molar-refractivity contribution < 1.29 is 19.1 Å². The summed E-state index contributed by atoms with van der Waals surface area (Å²) in [6.07, 6.45) is 0. The first kappa shape index (κ1) is 22.1. The lowest BCUT2D eigenvalue weighted by molar-refractivity contribution is -0.119. The predicted molar refractivity (Wildman–Crippen MR) is 122 cm³/mol. The van der Waals surface area contributed by atoms with E-state index >= 15 is 0 Å². The zero-order chi connectivity index (χ0) is 22.1. The van der Waals surface area contributed by atoms with Gasteiger partial charge in [0.25, 0.3) is 5.91 Å². The van der Waals surface area contributed by atoms with Crippen molar-refractivity contribution in [1.82, 2.24) is 0 Å². The minimum absolute atomic E-state index is 0.132. The van der Waals surface area contributed by atoms with E-state index in [2.05, 4.69) is 10.6 Å². The van der Waals surface area contributed by atoms with E-state index in [0.717, 1.165) is 5.56 Å². The lowest BCUT2D eigenvalue weighted by Gasteiger charge is -2.10. The summed E-state index contributed by atoms with van der Waals surface area (Å²) in [4.78, 5) is 37.3. The molecule has 3 aromatic rings. The van der Waals surface area contributed by atoms with Gasteiger partial charge in [-0.15, -0.1) is 11.8 Å². The highest BCUT2D eigenvalue weighted by Crippen LogP contribution is 2.24. The summed E-state index contributed by atoms with van der Waals surface area (Å²) in [6.45, 7) is 1.57. The molecule has 31 heavy (non-hydrogen) atoms. The van der Waals surface area contributed by atoms with E-state index in [-0.39, 0.29) is 11.7 Å². The second kappa shape index (κ2) is 11.0. The lowest BCUT2D eigenvalue weighted by Crippen LogP contribution is -2.21. The van der Waals surface area contributed by atoms with Crippen molar-refractivity contribution in [2.24, 2.45) is 0 Å². The van der Waals surface area contributed by atoms with Crippen LogP contribution in [0.1, 0.15) is 15.9 Å². The molecular formula is C24H22N2O4S. The Bertz CT molecular complexity index is 1050. The molecule has 7 heteroatoms. The number of hydrogen-bond acceptors (Lipinski definition) is 5. The number of aryl methyl sites for hydroxylation is 1. The fourth-order valence-electron chi connectivity index (χ4n) is 2.67. The maximum Gasteiger partial charge on any atom is 0.339 e. The van der Waals surface area contributed by atoms with Crippen molar-refractivity contribution in [2.45, 2.75) is 11.8 Å². The maximum atomic E-state index is 12.5. The number of carbonyl (C=O) groups excluding carboxylic acids is 3. The van der Waals surface area contributed by atoms with Crippen molar-refractivity contribution in [3.05, 3.63) is 90.0 Å². The molecule has 2 amide bonds. The molecule has 0 saturated heterocycles. The molecule has 0 saturated carbocycles. The van der Waals surface area contributed by atoms with Crippen LogP contribution in [0.25, 0.3) is 0 Å². The fourth-order valence-corrected chi connectivity index (χ4v) is 3.51. The minimum atomic E-state index is -0.620. The number of amides is 2. The predicted octanol–water partition coefficient (Wildman–Crippen LogP) is 4.52. The van der Waals surface area contributed by atoms with Crippen LogP contribution in [0.2, 0.25) is 0 Å². The second-order valence-electron chi connectivity index (χ2n) is 6.69. The third-order valence-electron chi connectivity index (χ3n) is 4.19. The largest absolute Gasteiger partial charge is 0.452 e. The molecule has 0 unspecified atom stereocenters. The van der Waals surface area contributed by atoms with Gasteiger partial charge in [-0.05, 0) is 43.3 Å². The summed E-state index contributed by atoms with van der Waals surface area (Å²) < 4.78 is 5.15. The van der Waals surface area contributed by atoms with Crippen LogP contribution in [-0.2, 0) is 14.3 Å². The van der Waals surface area contributed by atoms with E-state index in [9.17, 15) is 14.4 Å². The highest BCUT2D eigenvalue weighted by Gasteiger charge is 2.16. The standard InChI is InChI=1S/C24H22N2O4S/c1-17-11-13-19(14-12-17)26-23(28)16-31-21-10-6-5-9-20(21)24(29)30-15-22(27)25-18-7-3-2-4-8-18/h2-14H,15-16H2,1H3,(H,25,27)(H,26,28). The van der Waals surface area contributed by atoms with Crippen molar-refractivity contribution in [3.8, 4) is 0 Å². The summed E-state index contributed by atoms with van der Waals surface area (Å²) >= 11 is 1.23. The Labute approximate surface area is 185 Å². The van der Waals surface area contributed by atoms with Crippen LogP contribution >= 0.6 is 11.8 Å². The number of carbonyl (C=O) groups is 3. The number of thioether (sulfide) groups is 1. The van der Waals surface area contributed by atoms with Crippen molar-refractivity contribution in [1.29, 1.82) is 0 Å². The van der Waals surface area contributed by atoms with Crippen LogP contribution in [-0.4, -0.2) is 30.1 Å². The number of benzene rings is 3. The summed E-state index contributed by atoms with van der Waals surface area (Å²) in [5, 5.41) is 5.48. The van der Waals surface area contributed by atoms with E-state index in [1.54, 1.807) is 48.5 Å². The average molecular weight is 435 g/mol. The molecule has 0 radical (unpaired) electrons. The van der Waals surface area contributed by atoms with Crippen LogP contribution in [0.3, 0.4) is 0 Å². The van der Waals surface area contributed by atoms with Gasteiger partial charge in [0, 0.05) is 16.3 Å². The normalized spacial score (nSPS) is 10.2. The Morgan fingerprint density at radius 1 is 0.774 bits per heavy atom. The smallest absolute Gasteiger partial charge is 0.339 e. The van der Waals surface area contributed by atoms with Gasteiger partial charge in [0.15, 0.2) is 6.61 Å². The lowest BCUT2D eigenvalue weighted by atomic mass is 10.2. The van der Waals surface area contributed by atoms with Gasteiger partial charge in [-0.1, -0.05) is 48.0 Å². The van der Waals surface area contributed by atoms with Gasteiger partial charge in [-0.25, -0.2) is 4.79 Å². The molecule has 3 aromatic carbocycles. The average Bonchev–Trinajstić information content (AvgIpc) is 2.78. The first-order chi connectivity index (χ1) is 15.0. The molecule has 2 N–H and O–H groups in total. The first-order valence-corrected chi connectivity index (χ1v) is 10.6. The SMILES string of the molecule is Cc1ccc(NC(=O)CSc2ccccc2C(=O)OCC(=O)Nc2ccccc2)cc1.